The summed E-state index contributed by atoms with van der Waals surface area (Å²) in [7, 11) is 0. The van der Waals surface area contributed by atoms with Gasteiger partial charge in [0.15, 0.2) is 0 Å². The highest BCUT2D eigenvalue weighted by molar-refractivity contribution is 7.11. The number of hydrogen-bond acceptors (Lipinski definition) is 3. The van der Waals surface area contributed by atoms with E-state index in [1.54, 1.807) is 0 Å². The predicted octanol–water partition coefficient (Wildman–Crippen LogP) is 3.30. The number of hydrogen-bond donors (Lipinski definition) is 1. The number of rotatable bonds is 5. The molecule has 2 fully saturated rings. The predicted molar refractivity (Wildman–Crippen MR) is 67.8 cm³/mol. The van der Waals surface area contributed by atoms with Crippen LogP contribution in [-0.4, -0.2) is 11.5 Å². The van der Waals surface area contributed by atoms with Crippen molar-refractivity contribution in [3.05, 3.63) is 16.1 Å². The van der Waals surface area contributed by atoms with Crippen molar-refractivity contribution in [2.75, 3.05) is 6.54 Å². The molecule has 0 spiro atoms. The molecular formula is C13H20N2S. The Balaban J connectivity index is 1.44. The summed E-state index contributed by atoms with van der Waals surface area (Å²) < 4.78 is 0. The van der Waals surface area contributed by atoms with Crippen molar-refractivity contribution in [3.8, 4) is 0 Å². The molecule has 88 valence electrons. The maximum atomic E-state index is 4.55. The van der Waals surface area contributed by atoms with Crippen LogP contribution in [0.4, 0.5) is 0 Å². The van der Waals surface area contributed by atoms with E-state index in [2.05, 4.69) is 16.5 Å². The third-order valence-electron chi connectivity index (χ3n) is 3.98. The first kappa shape index (κ1) is 10.7. The van der Waals surface area contributed by atoms with Crippen LogP contribution in [0, 0.1) is 5.92 Å². The summed E-state index contributed by atoms with van der Waals surface area (Å²) in [5, 5.41) is 4.94. The first-order valence-electron chi connectivity index (χ1n) is 6.57. The van der Waals surface area contributed by atoms with E-state index in [1.165, 1.54) is 55.0 Å². The molecule has 0 radical (unpaired) electrons. The van der Waals surface area contributed by atoms with Gasteiger partial charge in [0.05, 0.1) is 5.01 Å². The van der Waals surface area contributed by atoms with Crippen LogP contribution < -0.4 is 5.32 Å². The Morgan fingerprint density at radius 1 is 1.25 bits per heavy atom. The molecule has 3 rings (SSSR count). The molecule has 0 unspecified atom stereocenters. The second kappa shape index (κ2) is 4.84. The van der Waals surface area contributed by atoms with Crippen molar-refractivity contribution >= 4 is 11.3 Å². The fourth-order valence-corrected chi connectivity index (χ4v) is 3.40. The highest BCUT2D eigenvalue weighted by Gasteiger charge is 2.22. The minimum atomic E-state index is 0.797. The topological polar surface area (TPSA) is 24.9 Å². The molecule has 0 aromatic carbocycles. The van der Waals surface area contributed by atoms with E-state index in [-0.39, 0.29) is 0 Å². The van der Waals surface area contributed by atoms with E-state index < -0.39 is 0 Å². The lowest BCUT2D eigenvalue weighted by atomic mass is 9.85. The Labute approximate surface area is 101 Å². The Morgan fingerprint density at radius 2 is 2.06 bits per heavy atom. The average molecular weight is 236 g/mol. The molecule has 1 heterocycles. The molecule has 1 aromatic heterocycles. The van der Waals surface area contributed by atoms with Gasteiger partial charge >= 0.3 is 0 Å². The van der Waals surface area contributed by atoms with E-state index >= 15 is 0 Å². The molecule has 0 bridgehead atoms. The van der Waals surface area contributed by atoms with Crippen molar-refractivity contribution in [2.24, 2.45) is 5.92 Å². The van der Waals surface area contributed by atoms with Crippen molar-refractivity contribution in [1.82, 2.24) is 10.3 Å². The first-order valence-corrected chi connectivity index (χ1v) is 7.39. The van der Waals surface area contributed by atoms with E-state index in [0.717, 1.165) is 18.4 Å². The van der Waals surface area contributed by atoms with Gasteiger partial charge in [0, 0.05) is 23.5 Å². The first-order chi connectivity index (χ1) is 7.92. The molecule has 0 amide bonds. The smallest absolute Gasteiger partial charge is 0.0959 e. The molecule has 0 aliphatic heterocycles. The quantitative estimate of drug-likeness (QED) is 0.848. The van der Waals surface area contributed by atoms with Crippen LogP contribution >= 0.6 is 11.3 Å². The Morgan fingerprint density at radius 3 is 2.69 bits per heavy atom. The molecule has 2 nitrogen and oxygen atoms in total. The van der Waals surface area contributed by atoms with Crippen molar-refractivity contribution < 1.29 is 0 Å². The van der Waals surface area contributed by atoms with Gasteiger partial charge in [0.25, 0.3) is 0 Å². The maximum Gasteiger partial charge on any atom is 0.0959 e. The minimum absolute atomic E-state index is 0.797. The lowest BCUT2D eigenvalue weighted by Gasteiger charge is -2.25. The molecule has 0 atom stereocenters. The van der Waals surface area contributed by atoms with Gasteiger partial charge in [-0.1, -0.05) is 12.8 Å². The van der Waals surface area contributed by atoms with Crippen LogP contribution in [0.3, 0.4) is 0 Å². The van der Waals surface area contributed by atoms with Crippen LogP contribution in [0.25, 0.3) is 0 Å². The van der Waals surface area contributed by atoms with Crippen LogP contribution in [0.1, 0.15) is 54.3 Å². The zero-order valence-corrected chi connectivity index (χ0v) is 10.6. The molecule has 3 heteroatoms. The summed E-state index contributed by atoms with van der Waals surface area (Å²) in [5.74, 6) is 1.75. The second-order valence-electron chi connectivity index (χ2n) is 5.22. The lowest BCUT2D eigenvalue weighted by molar-refractivity contribution is 0.301. The van der Waals surface area contributed by atoms with Crippen LogP contribution in [0.5, 0.6) is 0 Å². The fraction of sp³-hybridized carbons (Fsp3) is 0.769. The van der Waals surface area contributed by atoms with Gasteiger partial charge < -0.3 is 5.32 Å². The van der Waals surface area contributed by atoms with Crippen LogP contribution in [0.2, 0.25) is 0 Å². The van der Waals surface area contributed by atoms with Crippen molar-refractivity contribution in [2.45, 2.75) is 51.0 Å². The number of nitrogens with one attached hydrogen (secondary N) is 1. The van der Waals surface area contributed by atoms with Gasteiger partial charge in [-0.15, -0.1) is 11.3 Å². The molecule has 0 saturated heterocycles. The van der Waals surface area contributed by atoms with Crippen LogP contribution in [0.15, 0.2) is 6.20 Å². The lowest BCUT2D eigenvalue weighted by Crippen LogP contribution is -2.26. The molecule has 2 saturated carbocycles. The highest BCUT2D eigenvalue weighted by atomic mass is 32.1. The van der Waals surface area contributed by atoms with Gasteiger partial charge in [-0.2, -0.15) is 0 Å². The average Bonchev–Trinajstić information content (AvgIpc) is 2.55. The van der Waals surface area contributed by atoms with E-state index in [4.69, 9.17) is 0 Å². The molecule has 1 N–H and O–H groups in total. The van der Waals surface area contributed by atoms with E-state index in [9.17, 15) is 0 Å². The number of aromatic nitrogens is 1. The third kappa shape index (κ3) is 2.30. The Bertz CT molecular complexity index is 339. The van der Waals surface area contributed by atoms with Crippen molar-refractivity contribution in [1.29, 1.82) is 0 Å². The molecule has 1 aromatic rings. The fourth-order valence-electron chi connectivity index (χ4n) is 2.34. The normalized spacial score (nSPS) is 21.8. The molecule has 2 aliphatic carbocycles. The summed E-state index contributed by atoms with van der Waals surface area (Å²) in [5.41, 5.74) is 0. The van der Waals surface area contributed by atoms with E-state index in [1.807, 2.05) is 11.3 Å². The third-order valence-corrected chi connectivity index (χ3v) is 5.14. The van der Waals surface area contributed by atoms with E-state index in [0.29, 0.717) is 0 Å². The van der Waals surface area contributed by atoms with Gasteiger partial charge in [-0.3, -0.25) is 0 Å². The van der Waals surface area contributed by atoms with Crippen LogP contribution in [-0.2, 0) is 6.54 Å². The summed E-state index contributed by atoms with van der Waals surface area (Å²) >= 11 is 1.92. The van der Waals surface area contributed by atoms with Crippen molar-refractivity contribution in [3.63, 3.8) is 0 Å². The zero-order valence-electron chi connectivity index (χ0n) is 9.74. The number of nitrogens with zero attached hydrogens (tertiary/aromatic N) is 1. The SMILES string of the molecule is c1nc(C2CCC2)sc1CNCC1CCC1. The number of thiazole rings is 1. The molecule has 16 heavy (non-hydrogen) atoms. The van der Waals surface area contributed by atoms with Gasteiger partial charge in [-0.05, 0) is 38.1 Å². The standard InChI is InChI=1S/C13H20N2S/c1-3-10(4-1)7-14-8-12-9-15-13(16-12)11-5-2-6-11/h9-11,14H,1-8H2. The summed E-state index contributed by atoms with van der Waals surface area (Å²) in [6.45, 7) is 2.23. The molecule has 2 aliphatic rings. The highest BCUT2D eigenvalue weighted by Crippen LogP contribution is 2.38. The summed E-state index contributed by atoms with van der Waals surface area (Å²) in [6, 6.07) is 0. The van der Waals surface area contributed by atoms with Gasteiger partial charge in [-0.25, -0.2) is 4.98 Å². The van der Waals surface area contributed by atoms with Gasteiger partial charge in [0.1, 0.15) is 0 Å². The maximum absolute atomic E-state index is 4.55. The monoisotopic (exact) mass is 236 g/mol. The largest absolute Gasteiger partial charge is 0.312 e. The summed E-state index contributed by atoms with van der Waals surface area (Å²) in [6.07, 6.45) is 10.5. The Kier molecular flexibility index (Phi) is 3.25. The molecular weight excluding hydrogens is 216 g/mol. The summed E-state index contributed by atoms with van der Waals surface area (Å²) in [4.78, 5) is 5.97. The Hall–Kier alpha value is -0.410. The minimum Gasteiger partial charge on any atom is -0.312 e. The van der Waals surface area contributed by atoms with Gasteiger partial charge in [0.2, 0.25) is 0 Å². The zero-order chi connectivity index (χ0) is 10.8. The second-order valence-corrected chi connectivity index (χ2v) is 6.37.